The highest BCUT2D eigenvalue weighted by molar-refractivity contribution is 6.06. The number of amides is 1. The molecule has 0 spiro atoms. The number of nitrogens with zero attached hydrogens (tertiary/aromatic N) is 2. The van der Waals surface area contributed by atoms with Crippen LogP contribution in [-0.2, 0) is 4.79 Å². The first-order valence-corrected chi connectivity index (χ1v) is 7.59. The van der Waals surface area contributed by atoms with E-state index in [0.717, 1.165) is 11.3 Å². The number of nitrogens with one attached hydrogen (secondary N) is 1. The van der Waals surface area contributed by atoms with E-state index in [2.05, 4.69) is 5.32 Å². The molecule has 0 radical (unpaired) electrons. The van der Waals surface area contributed by atoms with Gasteiger partial charge in [-0.3, -0.25) is 4.79 Å². The number of nitriles is 1. The minimum Gasteiger partial charge on any atom is -0.508 e. The summed E-state index contributed by atoms with van der Waals surface area (Å²) in [6.45, 7) is 4.57. The molecule has 0 saturated carbocycles. The van der Waals surface area contributed by atoms with Crippen LogP contribution in [0.15, 0.2) is 60.3 Å². The highest BCUT2D eigenvalue weighted by Gasteiger charge is 2.12. The van der Waals surface area contributed by atoms with Crippen molar-refractivity contribution in [3.8, 4) is 11.8 Å². The van der Waals surface area contributed by atoms with Gasteiger partial charge in [-0.25, -0.2) is 0 Å². The van der Waals surface area contributed by atoms with Gasteiger partial charge in [0.1, 0.15) is 17.4 Å². The standard InChI is InChI=1S/C19H19N3O2/c1-3-22(17-6-4-5-14(2)11-17)13-15(12-20)19(24)21-16-7-9-18(23)10-8-16/h4-11,13,23H,3H2,1-2H3,(H,21,24)/b15-13-. The number of rotatable bonds is 5. The van der Waals surface area contributed by atoms with E-state index < -0.39 is 5.91 Å². The molecule has 122 valence electrons. The van der Waals surface area contributed by atoms with Gasteiger partial charge >= 0.3 is 0 Å². The average molecular weight is 321 g/mol. The van der Waals surface area contributed by atoms with Crippen molar-refractivity contribution in [2.75, 3.05) is 16.8 Å². The second-order valence-corrected chi connectivity index (χ2v) is 5.28. The summed E-state index contributed by atoms with van der Waals surface area (Å²) in [5.74, 6) is -0.380. The first-order valence-electron chi connectivity index (χ1n) is 7.59. The lowest BCUT2D eigenvalue weighted by Crippen LogP contribution is -2.20. The van der Waals surface area contributed by atoms with E-state index in [9.17, 15) is 15.2 Å². The normalized spacial score (nSPS) is 10.8. The van der Waals surface area contributed by atoms with Crippen molar-refractivity contribution in [1.82, 2.24) is 0 Å². The van der Waals surface area contributed by atoms with Crippen LogP contribution in [0.1, 0.15) is 12.5 Å². The van der Waals surface area contributed by atoms with E-state index in [1.807, 2.05) is 49.1 Å². The summed E-state index contributed by atoms with van der Waals surface area (Å²) in [6, 6.07) is 15.9. The number of phenolic OH excluding ortho intramolecular Hbond substituents is 1. The number of carbonyl (C=O) groups excluding carboxylic acids is 1. The monoisotopic (exact) mass is 321 g/mol. The van der Waals surface area contributed by atoms with Crippen LogP contribution in [0.5, 0.6) is 5.75 Å². The predicted octanol–water partition coefficient (Wildman–Crippen LogP) is 3.57. The van der Waals surface area contributed by atoms with Crippen LogP contribution in [0.4, 0.5) is 11.4 Å². The third-order valence-electron chi connectivity index (χ3n) is 3.45. The van der Waals surface area contributed by atoms with E-state index in [0.29, 0.717) is 12.2 Å². The molecule has 2 rings (SSSR count). The number of aryl methyl sites for hydroxylation is 1. The van der Waals surface area contributed by atoms with Gasteiger partial charge in [-0.05, 0) is 55.8 Å². The number of anilines is 2. The fourth-order valence-corrected chi connectivity index (χ4v) is 2.19. The Morgan fingerprint density at radius 3 is 2.58 bits per heavy atom. The molecule has 24 heavy (non-hydrogen) atoms. The summed E-state index contributed by atoms with van der Waals surface area (Å²) in [5.41, 5.74) is 2.54. The lowest BCUT2D eigenvalue weighted by atomic mass is 10.2. The van der Waals surface area contributed by atoms with Crippen molar-refractivity contribution in [2.45, 2.75) is 13.8 Å². The topological polar surface area (TPSA) is 76.4 Å². The Labute approximate surface area is 141 Å². The lowest BCUT2D eigenvalue weighted by molar-refractivity contribution is -0.112. The molecule has 5 heteroatoms. The molecule has 0 aliphatic carbocycles. The zero-order chi connectivity index (χ0) is 17.5. The van der Waals surface area contributed by atoms with E-state index in [1.165, 1.54) is 12.1 Å². The third-order valence-corrected chi connectivity index (χ3v) is 3.45. The summed E-state index contributed by atoms with van der Waals surface area (Å²) in [4.78, 5) is 14.1. The second-order valence-electron chi connectivity index (χ2n) is 5.28. The van der Waals surface area contributed by atoms with Crippen molar-refractivity contribution < 1.29 is 9.90 Å². The number of benzene rings is 2. The summed E-state index contributed by atoms with van der Waals surface area (Å²) in [6.07, 6.45) is 1.55. The van der Waals surface area contributed by atoms with Crippen molar-refractivity contribution >= 4 is 17.3 Å². The molecule has 0 bridgehead atoms. The maximum atomic E-state index is 12.3. The predicted molar refractivity (Wildman–Crippen MR) is 94.6 cm³/mol. The number of hydrogen-bond acceptors (Lipinski definition) is 4. The fourth-order valence-electron chi connectivity index (χ4n) is 2.19. The molecule has 0 aliphatic rings. The molecule has 0 unspecified atom stereocenters. The van der Waals surface area contributed by atoms with Crippen molar-refractivity contribution in [3.63, 3.8) is 0 Å². The van der Waals surface area contributed by atoms with Crippen molar-refractivity contribution in [2.24, 2.45) is 0 Å². The van der Waals surface area contributed by atoms with E-state index in [-0.39, 0.29) is 11.3 Å². The Morgan fingerprint density at radius 2 is 2.00 bits per heavy atom. The largest absolute Gasteiger partial charge is 0.508 e. The Hall–Kier alpha value is -3.26. The summed E-state index contributed by atoms with van der Waals surface area (Å²) in [5, 5.41) is 21.2. The molecule has 1 amide bonds. The highest BCUT2D eigenvalue weighted by Crippen LogP contribution is 2.18. The first-order chi connectivity index (χ1) is 11.5. The minimum atomic E-state index is -0.491. The van der Waals surface area contributed by atoms with Gasteiger partial charge in [-0.2, -0.15) is 5.26 Å². The van der Waals surface area contributed by atoms with Crippen molar-refractivity contribution in [3.05, 3.63) is 65.9 Å². The minimum absolute atomic E-state index is 0.00595. The smallest absolute Gasteiger partial charge is 0.267 e. The van der Waals surface area contributed by atoms with Gasteiger partial charge in [-0.1, -0.05) is 12.1 Å². The molecule has 2 aromatic rings. The van der Waals surface area contributed by atoms with Gasteiger partial charge in [-0.15, -0.1) is 0 Å². The Kier molecular flexibility index (Phi) is 5.58. The lowest BCUT2D eigenvalue weighted by Gasteiger charge is -2.19. The van der Waals surface area contributed by atoms with Gasteiger partial charge in [0, 0.05) is 24.1 Å². The van der Waals surface area contributed by atoms with E-state index >= 15 is 0 Å². The fraction of sp³-hybridized carbons (Fsp3) is 0.158. The number of aromatic hydroxyl groups is 1. The van der Waals surface area contributed by atoms with Crippen LogP contribution in [0.25, 0.3) is 0 Å². The number of carbonyl (C=O) groups is 1. The summed E-state index contributed by atoms with van der Waals surface area (Å²) in [7, 11) is 0. The number of hydrogen-bond donors (Lipinski definition) is 2. The molecule has 2 N–H and O–H groups in total. The molecule has 0 saturated heterocycles. The van der Waals surface area contributed by atoms with Gasteiger partial charge < -0.3 is 15.3 Å². The van der Waals surface area contributed by atoms with Crippen LogP contribution in [-0.4, -0.2) is 17.6 Å². The van der Waals surface area contributed by atoms with Crippen molar-refractivity contribution in [1.29, 1.82) is 5.26 Å². The molecule has 0 heterocycles. The van der Waals surface area contributed by atoms with Crippen LogP contribution in [0.2, 0.25) is 0 Å². The SMILES string of the molecule is CCN(/C=C(/C#N)C(=O)Nc1ccc(O)cc1)c1cccc(C)c1. The Balaban J connectivity index is 2.21. The van der Waals surface area contributed by atoms with Crippen LogP contribution < -0.4 is 10.2 Å². The second kappa shape index (κ2) is 7.84. The van der Waals surface area contributed by atoms with Gasteiger partial charge in [0.2, 0.25) is 0 Å². The Bertz CT molecular complexity index is 789. The van der Waals surface area contributed by atoms with Crippen LogP contribution >= 0.6 is 0 Å². The summed E-state index contributed by atoms with van der Waals surface area (Å²) < 4.78 is 0. The quantitative estimate of drug-likeness (QED) is 0.501. The maximum Gasteiger partial charge on any atom is 0.267 e. The van der Waals surface area contributed by atoms with Gasteiger partial charge in [0.25, 0.3) is 5.91 Å². The molecule has 2 aromatic carbocycles. The summed E-state index contributed by atoms with van der Waals surface area (Å²) >= 11 is 0. The molecular formula is C19H19N3O2. The van der Waals surface area contributed by atoms with Crippen LogP contribution in [0, 0.1) is 18.3 Å². The first kappa shape index (κ1) is 17.1. The third kappa shape index (κ3) is 4.37. The zero-order valence-corrected chi connectivity index (χ0v) is 13.7. The van der Waals surface area contributed by atoms with E-state index in [4.69, 9.17) is 0 Å². The molecule has 0 atom stereocenters. The average Bonchev–Trinajstić information content (AvgIpc) is 2.58. The Morgan fingerprint density at radius 1 is 1.29 bits per heavy atom. The van der Waals surface area contributed by atoms with Crippen LogP contribution in [0.3, 0.4) is 0 Å². The van der Waals surface area contributed by atoms with Gasteiger partial charge in [0.05, 0.1) is 0 Å². The highest BCUT2D eigenvalue weighted by atomic mass is 16.3. The molecule has 0 aliphatic heterocycles. The number of phenols is 1. The zero-order valence-electron chi connectivity index (χ0n) is 13.7. The molecule has 0 fully saturated rings. The molecule has 5 nitrogen and oxygen atoms in total. The maximum absolute atomic E-state index is 12.3. The molecular weight excluding hydrogens is 302 g/mol. The van der Waals surface area contributed by atoms with Gasteiger partial charge in [0.15, 0.2) is 0 Å². The molecule has 0 aromatic heterocycles. The van der Waals surface area contributed by atoms with E-state index in [1.54, 1.807) is 18.3 Å².